The summed E-state index contributed by atoms with van der Waals surface area (Å²) in [6.45, 7) is 7.76. The number of benzene rings is 1. The summed E-state index contributed by atoms with van der Waals surface area (Å²) in [5.74, 6) is 0.961. The molecule has 0 amide bonds. The molecule has 0 aromatic heterocycles. The number of hydrogen-bond acceptors (Lipinski definition) is 3. The van der Waals surface area contributed by atoms with Crippen LogP contribution in [0.1, 0.15) is 50.8 Å². The highest BCUT2D eigenvalue weighted by Crippen LogP contribution is 2.37. The van der Waals surface area contributed by atoms with Gasteiger partial charge in [-0.3, -0.25) is 4.90 Å². The van der Waals surface area contributed by atoms with Crippen molar-refractivity contribution in [2.75, 3.05) is 20.7 Å². The van der Waals surface area contributed by atoms with Crippen LogP contribution in [0.15, 0.2) is 18.2 Å². The van der Waals surface area contributed by atoms with Gasteiger partial charge in [0.2, 0.25) is 0 Å². The van der Waals surface area contributed by atoms with Gasteiger partial charge >= 0.3 is 0 Å². The summed E-state index contributed by atoms with van der Waals surface area (Å²) < 4.78 is 5.41. The third kappa shape index (κ3) is 3.24. The summed E-state index contributed by atoms with van der Waals surface area (Å²) in [5, 5.41) is 3.69. The lowest BCUT2D eigenvalue weighted by molar-refractivity contribution is 0.139. The Hall–Kier alpha value is -1.06. The van der Waals surface area contributed by atoms with Crippen LogP contribution >= 0.6 is 0 Å². The molecular formula is C18H30N2O. The fourth-order valence-corrected chi connectivity index (χ4v) is 3.71. The van der Waals surface area contributed by atoms with Gasteiger partial charge in [-0.05, 0) is 56.1 Å². The van der Waals surface area contributed by atoms with Crippen molar-refractivity contribution in [3.8, 4) is 5.75 Å². The first kappa shape index (κ1) is 16.3. The van der Waals surface area contributed by atoms with E-state index in [2.05, 4.69) is 56.2 Å². The fourth-order valence-electron chi connectivity index (χ4n) is 3.71. The van der Waals surface area contributed by atoms with Crippen LogP contribution in [0.3, 0.4) is 0 Å². The molecule has 2 rings (SSSR count). The molecule has 21 heavy (non-hydrogen) atoms. The van der Waals surface area contributed by atoms with Crippen molar-refractivity contribution in [3.05, 3.63) is 29.3 Å². The average Bonchev–Trinajstić information content (AvgIpc) is 2.86. The second kappa shape index (κ2) is 7.28. The molecule has 3 nitrogen and oxygen atoms in total. The van der Waals surface area contributed by atoms with Gasteiger partial charge in [-0.2, -0.15) is 0 Å². The van der Waals surface area contributed by atoms with E-state index in [1.54, 1.807) is 7.11 Å². The normalized spacial score (nSPS) is 21.1. The summed E-state index contributed by atoms with van der Waals surface area (Å²) in [6.07, 6.45) is 3.55. The molecule has 1 aliphatic carbocycles. The quantitative estimate of drug-likeness (QED) is 0.833. The molecule has 0 aliphatic heterocycles. The van der Waals surface area contributed by atoms with E-state index in [-0.39, 0.29) is 0 Å². The van der Waals surface area contributed by atoms with E-state index < -0.39 is 0 Å². The van der Waals surface area contributed by atoms with E-state index in [1.165, 1.54) is 24.0 Å². The maximum Gasteiger partial charge on any atom is 0.119 e. The Kier molecular flexibility index (Phi) is 5.65. The lowest BCUT2D eigenvalue weighted by atomic mass is 10.0. The third-order valence-electron chi connectivity index (χ3n) is 4.97. The molecule has 0 saturated heterocycles. The lowest BCUT2D eigenvalue weighted by Gasteiger charge is -2.36. The van der Waals surface area contributed by atoms with Crippen molar-refractivity contribution in [1.29, 1.82) is 0 Å². The number of methoxy groups -OCH3 is 1. The number of ether oxygens (including phenoxy) is 1. The summed E-state index contributed by atoms with van der Waals surface area (Å²) in [5.41, 5.74) is 2.88. The molecule has 0 spiro atoms. The van der Waals surface area contributed by atoms with Crippen molar-refractivity contribution >= 4 is 0 Å². The lowest BCUT2D eigenvalue weighted by Crippen LogP contribution is -2.45. The van der Waals surface area contributed by atoms with Crippen LogP contribution in [0.25, 0.3) is 0 Å². The maximum atomic E-state index is 5.41. The zero-order valence-electron chi connectivity index (χ0n) is 14.1. The topological polar surface area (TPSA) is 24.5 Å². The molecule has 1 aromatic rings. The number of nitrogens with one attached hydrogen (secondary N) is 1. The molecule has 1 N–H and O–H groups in total. The minimum absolute atomic E-state index is 0.408. The molecular weight excluding hydrogens is 260 g/mol. The van der Waals surface area contributed by atoms with E-state index in [9.17, 15) is 0 Å². The molecule has 1 aliphatic rings. The van der Waals surface area contributed by atoms with Crippen molar-refractivity contribution in [3.63, 3.8) is 0 Å². The number of nitrogens with zero attached hydrogens (tertiary/aromatic N) is 1. The maximum absolute atomic E-state index is 5.41. The minimum Gasteiger partial charge on any atom is -0.497 e. The Morgan fingerprint density at radius 1 is 1.29 bits per heavy atom. The van der Waals surface area contributed by atoms with E-state index in [0.717, 1.165) is 18.7 Å². The SMILES string of the molecule is CCNC1c2cc(OC)ccc2CC1N(C)C(CC)CC. The fraction of sp³-hybridized carbons (Fsp3) is 0.667. The summed E-state index contributed by atoms with van der Waals surface area (Å²) in [7, 11) is 4.03. The molecule has 2 atom stereocenters. The van der Waals surface area contributed by atoms with Gasteiger partial charge in [-0.15, -0.1) is 0 Å². The highest BCUT2D eigenvalue weighted by molar-refractivity contribution is 5.42. The van der Waals surface area contributed by atoms with Gasteiger partial charge < -0.3 is 10.1 Å². The van der Waals surface area contributed by atoms with Crippen LogP contribution in [-0.2, 0) is 6.42 Å². The molecule has 0 saturated carbocycles. The van der Waals surface area contributed by atoms with Gasteiger partial charge in [0.15, 0.2) is 0 Å². The first-order chi connectivity index (χ1) is 10.2. The second-order valence-electron chi connectivity index (χ2n) is 6.01. The molecule has 0 heterocycles. The Morgan fingerprint density at radius 3 is 2.57 bits per heavy atom. The summed E-state index contributed by atoms with van der Waals surface area (Å²) in [4.78, 5) is 2.58. The monoisotopic (exact) mass is 290 g/mol. The van der Waals surface area contributed by atoms with Crippen molar-refractivity contribution in [1.82, 2.24) is 10.2 Å². The van der Waals surface area contributed by atoms with Crippen LogP contribution in [-0.4, -0.2) is 37.7 Å². The van der Waals surface area contributed by atoms with Crippen LogP contribution in [0.2, 0.25) is 0 Å². The standard InChI is InChI=1S/C18H30N2O/c1-6-14(7-2)20(4)17-11-13-9-10-15(21-5)12-16(13)18(17)19-8-3/h9-10,12,14,17-19H,6-8,11H2,1-5H3. The molecule has 0 fully saturated rings. The molecule has 2 unspecified atom stereocenters. The number of rotatable bonds is 7. The number of hydrogen-bond donors (Lipinski definition) is 1. The first-order valence-electron chi connectivity index (χ1n) is 8.28. The number of fused-ring (bicyclic) bond motifs is 1. The Balaban J connectivity index is 2.28. The third-order valence-corrected chi connectivity index (χ3v) is 4.97. The average molecular weight is 290 g/mol. The van der Waals surface area contributed by atoms with Gasteiger partial charge in [-0.1, -0.05) is 26.8 Å². The van der Waals surface area contributed by atoms with E-state index in [0.29, 0.717) is 18.1 Å². The highest BCUT2D eigenvalue weighted by atomic mass is 16.5. The molecule has 3 heteroatoms. The minimum atomic E-state index is 0.408. The van der Waals surface area contributed by atoms with Crippen molar-refractivity contribution in [2.24, 2.45) is 0 Å². The van der Waals surface area contributed by atoms with Gasteiger partial charge in [0.1, 0.15) is 5.75 Å². The summed E-state index contributed by atoms with van der Waals surface area (Å²) >= 11 is 0. The van der Waals surface area contributed by atoms with E-state index >= 15 is 0 Å². The van der Waals surface area contributed by atoms with Crippen LogP contribution < -0.4 is 10.1 Å². The molecule has 0 bridgehead atoms. The zero-order chi connectivity index (χ0) is 15.4. The Bertz CT molecular complexity index is 457. The van der Waals surface area contributed by atoms with Gasteiger partial charge in [-0.25, -0.2) is 0 Å². The predicted molar refractivity (Wildman–Crippen MR) is 89.0 cm³/mol. The van der Waals surface area contributed by atoms with E-state index in [1.807, 2.05) is 0 Å². The highest BCUT2D eigenvalue weighted by Gasteiger charge is 2.36. The summed E-state index contributed by atoms with van der Waals surface area (Å²) in [6, 6.07) is 8.14. The van der Waals surface area contributed by atoms with Crippen molar-refractivity contribution < 1.29 is 4.74 Å². The Morgan fingerprint density at radius 2 is 2.00 bits per heavy atom. The van der Waals surface area contributed by atoms with E-state index in [4.69, 9.17) is 4.74 Å². The smallest absolute Gasteiger partial charge is 0.119 e. The zero-order valence-corrected chi connectivity index (χ0v) is 14.1. The van der Waals surface area contributed by atoms with Gasteiger partial charge in [0.25, 0.3) is 0 Å². The van der Waals surface area contributed by atoms with Crippen LogP contribution in [0.4, 0.5) is 0 Å². The second-order valence-corrected chi connectivity index (χ2v) is 6.01. The molecule has 118 valence electrons. The molecule has 1 aromatic carbocycles. The predicted octanol–water partition coefficient (Wildman–Crippen LogP) is 3.39. The number of likely N-dealkylation sites (N-methyl/N-ethyl adjacent to an activating group) is 2. The largest absolute Gasteiger partial charge is 0.497 e. The van der Waals surface area contributed by atoms with Crippen LogP contribution in [0.5, 0.6) is 5.75 Å². The molecule has 0 radical (unpaired) electrons. The van der Waals surface area contributed by atoms with Crippen molar-refractivity contribution in [2.45, 2.75) is 58.2 Å². The van der Waals surface area contributed by atoms with Crippen LogP contribution in [0, 0.1) is 0 Å². The Labute approximate surface area is 129 Å². The van der Waals surface area contributed by atoms with Gasteiger partial charge in [0, 0.05) is 18.1 Å². The first-order valence-corrected chi connectivity index (χ1v) is 8.28. The van der Waals surface area contributed by atoms with Gasteiger partial charge in [0.05, 0.1) is 7.11 Å².